The van der Waals surface area contributed by atoms with E-state index in [1.807, 2.05) is 58.0 Å². The molecular weight excluding hydrogens is 492 g/mol. The molecule has 34 heavy (non-hydrogen) atoms. The van der Waals surface area contributed by atoms with E-state index < -0.39 is 12.0 Å². The van der Waals surface area contributed by atoms with Crippen LogP contribution in [0.1, 0.15) is 39.7 Å². The number of thioether (sulfide) groups is 1. The van der Waals surface area contributed by atoms with E-state index in [9.17, 15) is 9.59 Å². The van der Waals surface area contributed by atoms with E-state index >= 15 is 0 Å². The van der Waals surface area contributed by atoms with Crippen LogP contribution in [0.3, 0.4) is 0 Å². The number of halogens is 1. The summed E-state index contributed by atoms with van der Waals surface area (Å²) >= 11 is 13.0. The number of amides is 1. The van der Waals surface area contributed by atoms with Gasteiger partial charge in [-0.05, 0) is 55.7 Å². The van der Waals surface area contributed by atoms with E-state index in [1.54, 1.807) is 12.3 Å². The first-order valence-electron chi connectivity index (χ1n) is 10.9. The summed E-state index contributed by atoms with van der Waals surface area (Å²) in [6.07, 6.45) is 4.14. The van der Waals surface area contributed by atoms with Gasteiger partial charge in [-0.2, -0.15) is 0 Å². The summed E-state index contributed by atoms with van der Waals surface area (Å²) in [5.74, 6) is -0.246. The van der Waals surface area contributed by atoms with Crippen LogP contribution in [0.2, 0.25) is 5.02 Å². The third-order valence-electron chi connectivity index (χ3n) is 5.40. The second-order valence-corrected chi connectivity index (χ2v) is 10.3. The summed E-state index contributed by atoms with van der Waals surface area (Å²) in [6.45, 7) is 7.75. The number of rotatable bonds is 8. The van der Waals surface area contributed by atoms with Gasteiger partial charge in [-0.1, -0.05) is 61.9 Å². The van der Waals surface area contributed by atoms with Crippen LogP contribution in [0.4, 0.5) is 0 Å². The van der Waals surface area contributed by atoms with Crippen LogP contribution in [0, 0.1) is 5.92 Å². The molecule has 1 aliphatic heterocycles. The van der Waals surface area contributed by atoms with Gasteiger partial charge < -0.3 is 9.47 Å². The first-order valence-corrected chi connectivity index (χ1v) is 12.5. The number of hydrogen-bond donors (Lipinski definition) is 0. The van der Waals surface area contributed by atoms with E-state index in [2.05, 4.69) is 4.98 Å². The van der Waals surface area contributed by atoms with Crippen molar-refractivity contribution >= 4 is 57.9 Å². The summed E-state index contributed by atoms with van der Waals surface area (Å²) in [5.41, 5.74) is 2.34. The molecule has 9 heteroatoms. The number of hydrogen-bond acceptors (Lipinski definition) is 7. The maximum atomic E-state index is 13.1. The highest BCUT2D eigenvalue weighted by molar-refractivity contribution is 8.26. The van der Waals surface area contributed by atoms with Crippen molar-refractivity contribution in [1.29, 1.82) is 0 Å². The number of methoxy groups -OCH3 is 1. The van der Waals surface area contributed by atoms with Gasteiger partial charge in [-0.15, -0.1) is 0 Å². The summed E-state index contributed by atoms with van der Waals surface area (Å²) in [6, 6.07) is 8.52. The van der Waals surface area contributed by atoms with Gasteiger partial charge in [0.15, 0.2) is 0 Å². The van der Waals surface area contributed by atoms with Crippen molar-refractivity contribution in [2.45, 2.75) is 46.3 Å². The van der Waals surface area contributed by atoms with Gasteiger partial charge in [-0.25, -0.2) is 4.79 Å². The lowest BCUT2D eigenvalue weighted by atomic mass is 9.98. The molecule has 3 rings (SSSR count). The average Bonchev–Trinajstić information content (AvgIpc) is 3.08. The molecule has 2 atom stereocenters. The second-order valence-electron chi connectivity index (χ2n) is 8.19. The van der Waals surface area contributed by atoms with Crippen LogP contribution in [-0.4, -0.2) is 45.3 Å². The molecule has 2 heterocycles. The molecule has 0 spiro atoms. The fourth-order valence-corrected chi connectivity index (χ4v) is 5.03. The molecule has 1 aromatic heterocycles. The van der Waals surface area contributed by atoms with Gasteiger partial charge in [0.25, 0.3) is 5.91 Å². The highest BCUT2D eigenvalue weighted by Gasteiger charge is 2.43. The lowest BCUT2D eigenvalue weighted by Crippen LogP contribution is -2.48. The van der Waals surface area contributed by atoms with E-state index in [1.165, 1.54) is 23.8 Å². The highest BCUT2D eigenvalue weighted by Crippen LogP contribution is 2.36. The zero-order valence-electron chi connectivity index (χ0n) is 19.7. The van der Waals surface area contributed by atoms with E-state index in [4.69, 9.17) is 33.3 Å². The Morgan fingerprint density at radius 1 is 1.26 bits per heavy atom. The van der Waals surface area contributed by atoms with Crippen LogP contribution in [0.5, 0.6) is 5.75 Å². The molecular formula is C25H27ClN2O4S2. The van der Waals surface area contributed by atoms with Crippen molar-refractivity contribution in [2.24, 2.45) is 5.92 Å². The minimum atomic E-state index is -0.749. The number of nitrogens with zero attached hydrogens (tertiary/aromatic N) is 2. The molecule has 0 N–H and O–H groups in total. The minimum Gasteiger partial charge on any atom is -0.489 e. The van der Waals surface area contributed by atoms with Crippen LogP contribution in [0.25, 0.3) is 17.3 Å². The summed E-state index contributed by atoms with van der Waals surface area (Å²) in [7, 11) is 1.32. The largest absolute Gasteiger partial charge is 0.489 e. The second kappa shape index (κ2) is 11.3. The number of carbonyl (C=O) groups is 2. The van der Waals surface area contributed by atoms with Gasteiger partial charge in [0.2, 0.25) is 0 Å². The van der Waals surface area contributed by atoms with Gasteiger partial charge in [0, 0.05) is 11.8 Å². The molecule has 1 saturated heterocycles. The Labute approximate surface area is 214 Å². The Bertz CT molecular complexity index is 1120. The van der Waals surface area contributed by atoms with Crippen molar-refractivity contribution < 1.29 is 19.1 Å². The molecule has 1 aromatic carbocycles. The van der Waals surface area contributed by atoms with Gasteiger partial charge >= 0.3 is 5.97 Å². The monoisotopic (exact) mass is 518 g/mol. The number of aromatic nitrogens is 1. The summed E-state index contributed by atoms with van der Waals surface area (Å²) < 4.78 is 11.0. The molecule has 2 aromatic rings. The normalized spacial score (nSPS) is 16.8. The molecule has 0 aliphatic carbocycles. The van der Waals surface area contributed by atoms with Gasteiger partial charge in [-0.3, -0.25) is 14.7 Å². The number of thiocarbonyl (C=S) groups is 1. The Morgan fingerprint density at radius 2 is 2.00 bits per heavy atom. The molecule has 1 aliphatic rings. The fourth-order valence-electron chi connectivity index (χ4n) is 3.48. The van der Waals surface area contributed by atoms with Crippen molar-refractivity contribution in [3.8, 4) is 17.0 Å². The Hall–Kier alpha value is -2.42. The van der Waals surface area contributed by atoms with E-state index in [0.29, 0.717) is 26.4 Å². The smallest absolute Gasteiger partial charge is 0.329 e. The average molecular weight is 519 g/mol. The third-order valence-corrected chi connectivity index (χ3v) is 7.03. The first-order chi connectivity index (χ1) is 16.2. The fraction of sp³-hybridized carbons (Fsp3) is 0.360. The van der Waals surface area contributed by atoms with Crippen molar-refractivity contribution in [2.75, 3.05) is 7.11 Å². The lowest BCUT2D eigenvalue weighted by Gasteiger charge is -2.28. The van der Waals surface area contributed by atoms with Gasteiger partial charge in [0.05, 0.1) is 28.8 Å². The van der Waals surface area contributed by atoms with Crippen molar-refractivity contribution in [3.63, 3.8) is 0 Å². The zero-order valence-corrected chi connectivity index (χ0v) is 22.1. The van der Waals surface area contributed by atoms with Crippen LogP contribution >= 0.6 is 35.6 Å². The molecule has 0 bridgehead atoms. The quantitative estimate of drug-likeness (QED) is 0.242. The number of pyridine rings is 1. The summed E-state index contributed by atoms with van der Waals surface area (Å²) in [5, 5.41) is 0.516. The third kappa shape index (κ3) is 5.79. The van der Waals surface area contributed by atoms with Gasteiger partial charge in [0.1, 0.15) is 16.1 Å². The van der Waals surface area contributed by atoms with Crippen molar-refractivity contribution in [1.82, 2.24) is 9.88 Å². The molecule has 0 saturated carbocycles. The van der Waals surface area contributed by atoms with Crippen LogP contribution < -0.4 is 4.74 Å². The minimum absolute atomic E-state index is 0.0295. The first kappa shape index (κ1) is 26.2. The van der Waals surface area contributed by atoms with Crippen molar-refractivity contribution in [3.05, 3.63) is 52.0 Å². The maximum absolute atomic E-state index is 13.1. The Kier molecular flexibility index (Phi) is 8.73. The topological polar surface area (TPSA) is 68.7 Å². The Balaban J connectivity index is 1.82. The molecule has 0 radical (unpaired) electrons. The number of benzene rings is 1. The predicted octanol–water partition coefficient (Wildman–Crippen LogP) is 5.98. The molecule has 1 fully saturated rings. The maximum Gasteiger partial charge on any atom is 0.329 e. The molecule has 1 amide bonds. The SMILES string of the molecule is CCC(C)C(C(=O)OC)N1C(=O)C(=Cc2ccc(-c3ccc(OC(C)C)c(Cl)c3)nc2)SC1=S. The van der Waals surface area contributed by atoms with Crippen LogP contribution in [0.15, 0.2) is 41.4 Å². The van der Waals surface area contributed by atoms with E-state index in [-0.39, 0.29) is 17.9 Å². The lowest BCUT2D eigenvalue weighted by molar-refractivity contribution is -0.150. The predicted molar refractivity (Wildman–Crippen MR) is 141 cm³/mol. The highest BCUT2D eigenvalue weighted by atomic mass is 35.5. The molecule has 2 unspecified atom stereocenters. The number of carbonyl (C=O) groups excluding carboxylic acids is 2. The Morgan fingerprint density at radius 3 is 2.56 bits per heavy atom. The number of esters is 1. The van der Waals surface area contributed by atoms with Crippen LogP contribution in [-0.2, 0) is 14.3 Å². The van der Waals surface area contributed by atoms with E-state index in [0.717, 1.165) is 16.8 Å². The molecule has 180 valence electrons. The number of ether oxygens (including phenoxy) is 2. The zero-order chi connectivity index (χ0) is 25.0. The summed E-state index contributed by atoms with van der Waals surface area (Å²) in [4.78, 5) is 31.9. The molecule has 6 nitrogen and oxygen atoms in total. The standard InChI is InChI=1S/C25H27ClN2O4S2/c1-6-15(4)22(24(30)31-5)28-23(29)21(34-25(28)33)11-16-7-9-19(27-13-16)17-8-10-20(18(26)12-17)32-14(2)3/h7-15,22H,6H2,1-5H3.